The van der Waals surface area contributed by atoms with Crippen LogP contribution in [-0.2, 0) is 9.59 Å². The summed E-state index contributed by atoms with van der Waals surface area (Å²) in [5.74, 6) is -5.78. The Morgan fingerprint density at radius 2 is 1.14 bits per heavy atom. The number of anilines is 1. The first-order valence-electron chi connectivity index (χ1n) is 5.87. The van der Waals surface area contributed by atoms with Gasteiger partial charge in [-0.05, 0) is 43.5 Å². The highest BCUT2D eigenvalue weighted by Gasteiger charge is 2.53. The van der Waals surface area contributed by atoms with Crippen LogP contribution in [0.2, 0.25) is 0 Å². The summed E-state index contributed by atoms with van der Waals surface area (Å²) in [5.41, 5.74) is 0.140. The number of halogens is 6. The predicted molar refractivity (Wildman–Crippen MR) is 65.3 cm³/mol. The van der Waals surface area contributed by atoms with E-state index >= 15 is 0 Å². The maximum Gasteiger partial charge on any atom is 0.472 e. The lowest BCUT2D eigenvalue weighted by Crippen LogP contribution is -2.50. The maximum absolute atomic E-state index is 12.5. The Labute approximate surface area is 121 Å². The van der Waals surface area contributed by atoms with Gasteiger partial charge in [-0.15, -0.1) is 0 Å². The maximum atomic E-state index is 12.5. The molecule has 0 atom stereocenters. The summed E-state index contributed by atoms with van der Waals surface area (Å²) in [4.78, 5) is 21.7. The van der Waals surface area contributed by atoms with Crippen molar-refractivity contribution in [1.29, 1.82) is 0 Å². The predicted octanol–water partition coefficient (Wildman–Crippen LogP) is 3.60. The van der Waals surface area contributed by atoms with E-state index in [4.69, 9.17) is 0 Å². The second-order valence-electron chi connectivity index (χ2n) is 4.66. The van der Waals surface area contributed by atoms with E-state index in [2.05, 4.69) is 0 Å². The number of alkyl halides is 6. The lowest BCUT2D eigenvalue weighted by Gasteiger charge is -2.25. The SMILES string of the molecule is Cc1cc(C)c(N(C(=O)C(F)(F)F)C(=O)C(F)(F)F)cc1C. The van der Waals surface area contributed by atoms with E-state index in [1.165, 1.54) is 19.9 Å². The van der Waals surface area contributed by atoms with Crippen LogP contribution in [0.25, 0.3) is 0 Å². The van der Waals surface area contributed by atoms with Crippen LogP contribution in [0.5, 0.6) is 0 Å². The number of carbonyl (C=O) groups is 2. The number of carbonyl (C=O) groups excluding carboxylic acids is 2. The molecule has 0 N–H and O–H groups in total. The van der Waals surface area contributed by atoms with Crippen LogP contribution in [0.3, 0.4) is 0 Å². The molecule has 0 aromatic heterocycles. The van der Waals surface area contributed by atoms with Gasteiger partial charge in [-0.2, -0.15) is 26.3 Å². The van der Waals surface area contributed by atoms with Crippen molar-refractivity contribution >= 4 is 17.5 Å². The Kier molecular flexibility index (Phi) is 4.59. The second kappa shape index (κ2) is 5.62. The van der Waals surface area contributed by atoms with Gasteiger partial charge in [0, 0.05) is 0 Å². The lowest BCUT2D eigenvalue weighted by molar-refractivity contribution is -0.181. The van der Waals surface area contributed by atoms with Crippen molar-refractivity contribution < 1.29 is 35.9 Å². The van der Waals surface area contributed by atoms with Crippen molar-refractivity contribution in [2.24, 2.45) is 0 Å². The summed E-state index contributed by atoms with van der Waals surface area (Å²) in [7, 11) is 0. The van der Waals surface area contributed by atoms with E-state index in [1.54, 1.807) is 6.92 Å². The summed E-state index contributed by atoms with van der Waals surface area (Å²) in [5, 5.41) is 0. The van der Waals surface area contributed by atoms with Gasteiger partial charge in [-0.3, -0.25) is 9.59 Å². The molecule has 0 bridgehead atoms. The standard InChI is InChI=1S/C13H11F6NO2/c1-6-4-8(3)9(5-7(6)2)20(10(21)12(14,15)16)11(22)13(17,18)19/h4-5H,1-3H3. The Morgan fingerprint density at radius 3 is 1.50 bits per heavy atom. The van der Waals surface area contributed by atoms with E-state index in [0.29, 0.717) is 11.1 Å². The van der Waals surface area contributed by atoms with Gasteiger partial charge in [-0.1, -0.05) is 6.07 Å². The van der Waals surface area contributed by atoms with E-state index in [1.807, 2.05) is 0 Å². The number of aryl methyl sites for hydroxylation is 3. The molecule has 9 heteroatoms. The van der Waals surface area contributed by atoms with E-state index in [9.17, 15) is 35.9 Å². The van der Waals surface area contributed by atoms with Crippen molar-refractivity contribution in [3.63, 3.8) is 0 Å². The Balaban J connectivity index is 3.56. The average Bonchev–Trinajstić information content (AvgIpc) is 2.33. The summed E-state index contributed by atoms with van der Waals surface area (Å²) < 4.78 is 75.2. The van der Waals surface area contributed by atoms with Crippen LogP contribution in [-0.4, -0.2) is 24.2 Å². The van der Waals surface area contributed by atoms with Crippen LogP contribution in [0.4, 0.5) is 32.0 Å². The molecule has 122 valence electrons. The summed E-state index contributed by atoms with van der Waals surface area (Å²) in [6, 6.07) is 2.24. The number of hydrogen-bond donors (Lipinski definition) is 0. The highest BCUT2D eigenvalue weighted by molar-refractivity contribution is 6.18. The Hall–Kier alpha value is -2.06. The normalized spacial score (nSPS) is 12.2. The van der Waals surface area contributed by atoms with Crippen molar-refractivity contribution in [2.45, 2.75) is 33.1 Å². The van der Waals surface area contributed by atoms with E-state index in [0.717, 1.165) is 6.07 Å². The minimum absolute atomic E-state index is 0.0571. The minimum Gasteiger partial charge on any atom is -0.263 e. The zero-order valence-electron chi connectivity index (χ0n) is 11.7. The van der Waals surface area contributed by atoms with Crippen LogP contribution in [0.15, 0.2) is 12.1 Å². The fraction of sp³-hybridized carbons (Fsp3) is 0.385. The average molecular weight is 327 g/mol. The molecule has 1 rings (SSSR count). The third-order valence-electron chi connectivity index (χ3n) is 2.94. The minimum atomic E-state index is -5.62. The first-order chi connectivity index (χ1) is 9.76. The first-order valence-corrected chi connectivity index (χ1v) is 5.87. The lowest BCUT2D eigenvalue weighted by atomic mass is 10.0. The molecule has 0 heterocycles. The number of imide groups is 1. The highest BCUT2D eigenvalue weighted by Crippen LogP contribution is 2.32. The summed E-state index contributed by atoms with van der Waals surface area (Å²) in [6.07, 6.45) is -11.2. The molecule has 22 heavy (non-hydrogen) atoms. The number of amides is 2. The molecule has 0 radical (unpaired) electrons. The monoisotopic (exact) mass is 327 g/mol. The molecular formula is C13H11F6NO2. The number of benzene rings is 1. The third-order valence-corrected chi connectivity index (χ3v) is 2.94. The summed E-state index contributed by atoms with van der Waals surface area (Å²) in [6.45, 7) is 4.24. The van der Waals surface area contributed by atoms with Crippen LogP contribution < -0.4 is 4.90 Å². The quantitative estimate of drug-likeness (QED) is 0.739. The Bertz CT molecular complexity index is 592. The fourth-order valence-electron chi connectivity index (χ4n) is 1.75. The van der Waals surface area contributed by atoms with Crippen LogP contribution in [0, 0.1) is 20.8 Å². The zero-order valence-corrected chi connectivity index (χ0v) is 11.7. The molecule has 0 aliphatic rings. The van der Waals surface area contributed by atoms with Gasteiger partial charge in [0.25, 0.3) is 0 Å². The number of rotatable bonds is 1. The summed E-state index contributed by atoms with van der Waals surface area (Å²) >= 11 is 0. The van der Waals surface area contributed by atoms with Crippen molar-refractivity contribution in [1.82, 2.24) is 0 Å². The molecule has 0 spiro atoms. The number of hydrogen-bond acceptors (Lipinski definition) is 2. The van der Waals surface area contributed by atoms with Crippen LogP contribution in [0.1, 0.15) is 16.7 Å². The zero-order chi connectivity index (χ0) is 17.5. The second-order valence-corrected chi connectivity index (χ2v) is 4.66. The van der Waals surface area contributed by atoms with Gasteiger partial charge in [-0.25, -0.2) is 4.90 Å². The van der Waals surface area contributed by atoms with Crippen LogP contribution >= 0.6 is 0 Å². The fourth-order valence-corrected chi connectivity index (χ4v) is 1.75. The van der Waals surface area contributed by atoms with Crippen molar-refractivity contribution in [3.8, 4) is 0 Å². The largest absolute Gasteiger partial charge is 0.472 e. The molecule has 0 saturated heterocycles. The molecule has 1 aromatic carbocycles. The van der Waals surface area contributed by atoms with Gasteiger partial charge >= 0.3 is 24.2 Å². The molecule has 0 aliphatic carbocycles. The first kappa shape index (κ1) is 18.0. The van der Waals surface area contributed by atoms with Crippen molar-refractivity contribution in [3.05, 3.63) is 28.8 Å². The molecule has 0 fully saturated rings. The number of nitrogens with zero attached hydrogens (tertiary/aromatic N) is 1. The molecule has 3 nitrogen and oxygen atoms in total. The van der Waals surface area contributed by atoms with Gasteiger partial charge in [0.1, 0.15) is 0 Å². The molecular weight excluding hydrogens is 316 g/mol. The Morgan fingerprint density at radius 1 is 0.773 bits per heavy atom. The van der Waals surface area contributed by atoms with Gasteiger partial charge < -0.3 is 0 Å². The molecule has 1 aromatic rings. The topological polar surface area (TPSA) is 37.4 Å². The molecule has 0 unspecified atom stereocenters. The van der Waals surface area contributed by atoms with E-state index in [-0.39, 0.29) is 5.56 Å². The van der Waals surface area contributed by atoms with Gasteiger partial charge in [0.15, 0.2) is 0 Å². The van der Waals surface area contributed by atoms with E-state index < -0.39 is 34.8 Å². The molecule has 0 aliphatic heterocycles. The molecule has 2 amide bonds. The van der Waals surface area contributed by atoms with Crippen molar-refractivity contribution in [2.75, 3.05) is 4.90 Å². The molecule has 0 saturated carbocycles. The van der Waals surface area contributed by atoms with Gasteiger partial charge in [0.05, 0.1) is 5.69 Å². The highest BCUT2D eigenvalue weighted by atomic mass is 19.4. The third kappa shape index (κ3) is 3.58. The smallest absolute Gasteiger partial charge is 0.263 e. The van der Waals surface area contributed by atoms with Gasteiger partial charge in [0.2, 0.25) is 0 Å².